The summed E-state index contributed by atoms with van der Waals surface area (Å²) in [6, 6.07) is -1.37. The Labute approximate surface area is 63.2 Å². The lowest BCUT2D eigenvalue weighted by atomic mass is 10.3. The van der Waals surface area contributed by atoms with Gasteiger partial charge in [-0.2, -0.15) is 13.2 Å². The summed E-state index contributed by atoms with van der Waals surface area (Å²) >= 11 is 0. The van der Waals surface area contributed by atoms with Gasteiger partial charge < -0.3 is 10.6 Å². The van der Waals surface area contributed by atoms with E-state index < -0.39 is 12.2 Å². The van der Waals surface area contributed by atoms with Gasteiger partial charge >= 0.3 is 6.18 Å². The molecule has 66 valence electrons. The van der Waals surface area contributed by atoms with E-state index in [0.29, 0.717) is 13.1 Å². The molecule has 1 aliphatic rings. The molecule has 0 aliphatic carbocycles. The van der Waals surface area contributed by atoms with Crippen molar-refractivity contribution in [3.63, 3.8) is 0 Å². The third-order valence-electron chi connectivity index (χ3n) is 1.66. The summed E-state index contributed by atoms with van der Waals surface area (Å²) in [5.74, 6) is 0. The van der Waals surface area contributed by atoms with Crippen molar-refractivity contribution in [1.29, 1.82) is 0 Å². The van der Waals surface area contributed by atoms with Crippen molar-refractivity contribution in [3.8, 4) is 0 Å². The molecule has 0 aromatic carbocycles. The van der Waals surface area contributed by atoms with Gasteiger partial charge in [-0.3, -0.25) is 0 Å². The molecule has 0 radical (unpaired) electrons. The van der Waals surface area contributed by atoms with E-state index in [1.54, 1.807) is 0 Å². The Morgan fingerprint density at radius 3 is 2.55 bits per heavy atom. The number of alkyl halides is 3. The lowest BCUT2D eigenvalue weighted by molar-refractivity contribution is -0.153. The Morgan fingerprint density at radius 2 is 1.91 bits per heavy atom. The maximum absolute atomic E-state index is 12.0. The Morgan fingerprint density at radius 1 is 1.18 bits per heavy atom. The second kappa shape index (κ2) is 3.40. The van der Waals surface area contributed by atoms with Crippen LogP contribution in [0.3, 0.4) is 0 Å². The summed E-state index contributed by atoms with van der Waals surface area (Å²) in [5.41, 5.74) is 0. The second-order valence-electron chi connectivity index (χ2n) is 2.61. The van der Waals surface area contributed by atoms with Crippen molar-refractivity contribution >= 4 is 0 Å². The molecule has 1 heterocycles. The zero-order valence-electron chi connectivity index (χ0n) is 6.04. The predicted octanol–water partition coefficient (Wildman–Crippen LogP) is 0.500. The summed E-state index contributed by atoms with van der Waals surface area (Å²) in [6.07, 6.45) is -3.36. The lowest BCUT2D eigenvalue weighted by Gasteiger charge is -2.18. The highest BCUT2D eigenvalue weighted by Gasteiger charge is 2.39. The second-order valence-corrected chi connectivity index (χ2v) is 2.61. The molecule has 2 nitrogen and oxygen atoms in total. The smallest absolute Gasteiger partial charge is 0.315 e. The molecule has 0 amide bonds. The molecule has 1 atom stereocenters. The molecular formula is C6H11F3N2. The van der Waals surface area contributed by atoms with Gasteiger partial charge in [0.05, 0.1) is 0 Å². The Hall–Kier alpha value is -0.290. The summed E-state index contributed by atoms with van der Waals surface area (Å²) in [5, 5.41) is 5.16. The number of rotatable bonds is 0. The standard InChI is InChI=1S/C6H11F3N2/c7-6(8,9)5-4-10-2-1-3-11-5/h5,10-11H,1-4H2. The van der Waals surface area contributed by atoms with Gasteiger partial charge in [0.15, 0.2) is 0 Å². The monoisotopic (exact) mass is 168 g/mol. The van der Waals surface area contributed by atoms with E-state index in [0.717, 1.165) is 6.42 Å². The molecule has 1 fully saturated rings. The fourth-order valence-corrected chi connectivity index (χ4v) is 1.04. The fourth-order valence-electron chi connectivity index (χ4n) is 1.04. The third kappa shape index (κ3) is 2.67. The van der Waals surface area contributed by atoms with Gasteiger partial charge in [-0.1, -0.05) is 0 Å². The minimum Gasteiger partial charge on any atom is -0.315 e. The first-order valence-electron chi connectivity index (χ1n) is 3.61. The van der Waals surface area contributed by atoms with Gasteiger partial charge in [-0.05, 0) is 19.5 Å². The van der Waals surface area contributed by atoms with Gasteiger partial charge in [0.2, 0.25) is 0 Å². The Bertz CT molecular complexity index is 115. The highest BCUT2D eigenvalue weighted by Crippen LogP contribution is 2.19. The quantitative estimate of drug-likeness (QED) is 0.550. The summed E-state index contributed by atoms with van der Waals surface area (Å²) in [6.45, 7) is 1.10. The van der Waals surface area contributed by atoms with Crippen molar-refractivity contribution in [3.05, 3.63) is 0 Å². The summed E-state index contributed by atoms with van der Waals surface area (Å²) in [7, 11) is 0. The molecule has 0 aromatic heterocycles. The van der Waals surface area contributed by atoms with E-state index in [1.807, 2.05) is 0 Å². The van der Waals surface area contributed by atoms with Crippen molar-refractivity contribution in [1.82, 2.24) is 10.6 Å². The van der Waals surface area contributed by atoms with Crippen LogP contribution in [-0.4, -0.2) is 31.9 Å². The highest BCUT2D eigenvalue weighted by molar-refractivity contribution is 4.79. The van der Waals surface area contributed by atoms with Gasteiger partial charge in [-0.15, -0.1) is 0 Å². The topological polar surface area (TPSA) is 24.1 Å². The first kappa shape index (κ1) is 8.80. The van der Waals surface area contributed by atoms with Gasteiger partial charge in [0.1, 0.15) is 6.04 Å². The van der Waals surface area contributed by atoms with Crippen LogP contribution in [-0.2, 0) is 0 Å². The molecule has 5 heteroatoms. The number of hydrogen-bond acceptors (Lipinski definition) is 2. The van der Waals surface area contributed by atoms with E-state index in [9.17, 15) is 13.2 Å². The van der Waals surface area contributed by atoms with Crippen LogP contribution in [0.25, 0.3) is 0 Å². The zero-order chi connectivity index (χ0) is 8.32. The Kier molecular flexibility index (Phi) is 2.72. The van der Waals surface area contributed by atoms with Crippen molar-refractivity contribution < 1.29 is 13.2 Å². The molecule has 2 N–H and O–H groups in total. The van der Waals surface area contributed by atoms with Crippen molar-refractivity contribution in [2.75, 3.05) is 19.6 Å². The van der Waals surface area contributed by atoms with Crippen LogP contribution in [0.5, 0.6) is 0 Å². The van der Waals surface area contributed by atoms with E-state index in [-0.39, 0.29) is 6.54 Å². The van der Waals surface area contributed by atoms with Crippen LogP contribution >= 0.6 is 0 Å². The fraction of sp³-hybridized carbons (Fsp3) is 1.00. The molecule has 1 aliphatic heterocycles. The lowest BCUT2D eigenvalue weighted by Crippen LogP contribution is -2.46. The van der Waals surface area contributed by atoms with Crippen LogP contribution in [0.15, 0.2) is 0 Å². The first-order valence-corrected chi connectivity index (χ1v) is 3.61. The molecule has 11 heavy (non-hydrogen) atoms. The van der Waals surface area contributed by atoms with Gasteiger partial charge in [0, 0.05) is 6.54 Å². The molecule has 1 rings (SSSR count). The first-order chi connectivity index (χ1) is 5.11. The maximum Gasteiger partial charge on any atom is 0.405 e. The van der Waals surface area contributed by atoms with Crippen LogP contribution in [0.4, 0.5) is 13.2 Å². The maximum atomic E-state index is 12.0. The van der Waals surface area contributed by atoms with Crippen molar-refractivity contribution in [2.24, 2.45) is 0 Å². The van der Waals surface area contributed by atoms with Crippen molar-refractivity contribution in [2.45, 2.75) is 18.6 Å². The predicted molar refractivity (Wildman–Crippen MR) is 35.3 cm³/mol. The van der Waals surface area contributed by atoms with Gasteiger partial charge in [0.25, 0.3) is 0 Å². The molecule has 0 spiro atoms. The molecule has 0 bridgehead atoms. The van der Waals surface area contributed by atoms with Gasteiger partial charge in [-0.25, -0.2) is 0 Å². The minimum absolute atomic E-state index is 0.0104. The number of halogens is 3. The zero-order valence-corrected chi connectivity index (χ0v) is 6.04. The van der Waals surface area contributed by atoms with E-state index in [4.69, 9.17) is 0 Å². The largest absolute Gasteiger partial charge is 0.405 e. The summed E-state index contributed by atoms with van der Waals surface area (Å²) < 4.78 is 36.1. The van der Waals surface area contributed by atoms with E-state index >= 15 is 0 Å². The molecular weight excluding hydrogens is 157 g/mol. The average Bonchev–Trinajstić information content (AvgIpc) is 2.10. The average molecular weight is 168 g/mol. The van der Waals surface area contributed by atoms with Crippen LogP contribution in [0.2, 0.25) is 0 Å². The minimum atomic E-state index is -4.11. The number of hydrogen-bond donors (Lipinski definition) is 2. The van der Waals surface area contributed by atoms with E-state index in [1.165, 1.54) is 0 Å². The molecule has 1 unspecified atom stereocenters. The third-order valence-corrected chi connectivity index (χ3v) is 1.66. The van der Waals surface area contributed by atoms with Crippen LogP contribution in [0, 0.1) is 0 Å². The van der Waals surface area contributed by atoms with Crippen LogP contribution < -0.4 is 10.6 Å². The molecule has 0 aromatic rings. The Balaban J connectivity index is 2.43. The summed E-state index contributed by atoms with van der Waals surface area (Å²) in [4.78, 5) is 0. The SMILES string of the molecule is FC(F)(F)C1CNCCCN1. The van der Waals surface area contributed by atoms with Crippen LogP contribution in [0.1, 0.15) is 6.42 Å². The highest BCUT2D eigenvalue weighted by atomic mass is 19.4. The number of nitrogens with one attached hydrogen (secondary N) is 2. The molecule has 0 saturated carbocycles. The normalized spacial score (nSPS) is 28.1. The van der Waals surface area contributed by atoms with E-state index in [2.05, 4.69) is 10.6 Å². The molecule has 1 saturated heterocycles.